The summed E-state index contributed by atoms with van der Waals surface area (Å²) in [5.74, 6) is 0.804. The van der Waals surface area contributed by atoms with Crippen molar-refractivity contribution in [3.63, 3.8) is 0 Å². The fourth-order valence-corrected chi connectivity index (χ4v) is 1.69. The van der Waals surface area contributed by atoms with Crippen LogP contribution in [0.4, 0.5) is 0 Å². The summed E-state index contributed by atoms with van der Waals surface area (Å²) >= 11 is 0. The van der Waals surface area contributed by atoms with Crippen LogP contribution in [0, 0.1) is 5.92 Å². The van der Waals surface area contributed by atoms with Gasteiger partial charge in [-0.25, -0.2) is 0 Å². The summed E-state index contributed by atoms with van der Waals surface area (Å²) in [6, 6.07) is 0. The number of hydrogen-bond donors (Lipinski definition) is 0. The van der Waals surface area contributed by atoms with Gasteiger partial charge < -0.3 is 4.74 Å². The van der Waals surface area contributed by atoms with E-state index >= 15 is 0 Å². The van der Waals surface area contributed by atoms with Gasteiger partial charge in [-0.05, 0) is 24.8 Å². The van der Waals surface area contributed by atoms with Crippen LogP contribution in [0.15, 0.2) is 11.6 Å². The summed E-state index contributed by atoms with van der Waals surface area (Å²) in [5.41, 5.74) is 1.57. The van der Waals surface area contributed by atoms with E-state index < -0.39 is 0 Å². The van der Waals surface area contributed by atoms with Crippen LogP contribution < -0.4 is 0 Å². The van der Waals surface area contributed by atoms with E-state index in [0.29, 0.717) is 0 Å². The van der Waals surface area contributed by atoms with Gasteiger partial charge in [0.15, 0.2) is 0 Å². The molecule has 1 aliphatic carbocycles. The lowest BCUT2D eigenvalue weighted by molar-refractivity contribution is 0.186. The van der Waals surface area contributed by atoms with E-state index in [2.05, 4.69) is 6.08 Å². The van der Waals surface area contributed by atoms with Crippen LogP contribution in [0.3, 0.4) is 0 Å². The van der Waals surface area contributed by atoms with E-state index in [-0.39, 0.29) is 0 Å². The first-order valence-electron chi connectivity index (χ1n) is 3.73. The van der Waals surface area contributed by atoms with E-state index in [9.17, 15) is 0 Å². The van der Waals surface area contributed by atoms with E-state index in [4.69, 9.17) is 4.74 Å². The Morgan fingerprint density at radius 3 is 3.44 bits per heavy atom. The van der Waals surface area contributed by atoms with Crippen LogP contribution in [-0.2, 0) is 4.74 Å². The molecule has 2 aliphatic rings. The van der Waals surface area contributed by atoms with Gasteiger partial charge in [0.2, 0.25) is 0 Å². The van der Waals surface area contributed by atoms with E-state index in [1.54, 1.807) is 5.57 Å². The van der Waals surface area contributed by atoms with E-state index in [0.717, 1.165) is 19.1 Å². The fourth-order valence-electron chi connectivity index (χ4n) is 1.69. The van der Waals surface area contributed by atoms with Gasteiger partial charge >= 0.3 is 0 Å². The summed E-state index contributed by atoms with van der Waals surface area (Å²) < 4.78 is 5.32. The van der Waals surface area contributed by atoms with Crippen molar-refractivity contribution >= 4 is 0 Å². The van der Waals surface area contributed by atoms with Gasteiger partial charge in [-0.1, -0.05) is 6.08 Å². The zero-order chi connectivity index (χ0) is 6.10. The molecule has 0 amide bonds. The minimum absolute atomic E-state index is 0.804. The highest BCUT2D eigenvalue weighted by Gasteiger charge is 2.22. The Kier molecular flexibility index (Phi) is 1.31. The van der Waals surface area contributed by atoms with Crippen molar-refractivity contribution in [2.45, 2.75) is 19.3 Å². The molecule has 1 unspecified atom stereocenters. The van der Waals surface area contributed by atoms with Crippen molar-refractivity contribution in [1.29, 1.82) is 0 Å². The normalized spacial score (nSPS) is 33.8. The Labute approximate surface area is 55.7 Å². The molecule has 0 radical (unpaired) electrons. The summed E-state index contributed by atoms with van der Waals surface area (Å²) in [4.78, 5) is 0. The first-order valence-corrected chi connectivity index (χ1v) is 3.73. The average Bonchev–Trinajstić information content (AvgIpc) is 2.33. The standard InChI is InChI=1S/C8H12O/c1-2-4-8-6-9-5-7(8)3-1/h3,8H,1-2,4-6H2. The molecule has 0 N–H and O–H groups in total. The van der Waals surface area contributed by atoms with Gasteiger partial charge in [0, 0.05) is 5.92 Å². The lowest BCUT2D eigenvalue weighted by Crippen LogP contribution is -2.05. The Hall–Kier alpha value is -0.300. The fraction of sp³-hybridized carbons (Fsp3) is 0.750. The molecule has 1 heteroatoms. The largest absolute Gasteiger partial charge is 0.376 e. The Morgan fingerprint density at radius 2 is 2.56 bits per heavy atom. The van der Waals surface area contributed by atoms with E-state index in [1.165, 1.54) is 19.3 Å². The molecule has 2 rings (SSSR count). The molecule has 0 aromatic rings. The van der Waals surface area contributed by atoms with E-state index in [1.807, 2.05) is 0 Å². The second-order valence-electron chi connectivity index (χ2n) is 2.92. The topological polar surface area (TPSA) is 9.23 Å². The van der Waals surface area contributed by atoms with Gasteiger partial charge in [-0.3, -0.25) is 0 Å². The third-order valence-corrected chi connectivity index (χ3v) is 2.28. The third kappa shape index (κ3) is 0.897. The molecule has 50 valence electrons. The molecule has 0 spiro atoms. The Bertz CT molecular complexity index is 138. The molecule has 9 heavy (non-hydrogen) atoms. The number of rotatable bonds is 0. The number of allylic oxidation sites excluding steroid dienone is 1. The molecule has 1 atom stereocenters. The zero-order valence-corrected chi connectivity index (χ0v) is 5.60. The highest BCUT2D eigenvalue weighted by atomic mass is 16.5. The SMILES string of the molecule is C1=C2COCC2CCC1. The summed E-state index contributed by atoms with van der Waals surface area (Å²) in [6.07, 6.45) is 6.39. The van der Waals surface area contributed by atoms with Crippen molar-refractivity contribution in [2.24, 2.45) is 5.92 Å². The Balaban J connectivity index is 2.16. The molecule has 1 aliphatic heterocycles. The molecule has 1 saturated heterocycles. The molecule has 1 fully saturated rings. The second-order valence-corrected chi connectivity index (χ2v) is 2.92. The van der Waals surface area contributed by atoms with Crippen molar-refractivity contribution in [2.75, 3.05) is 13.2 Å². The minimum atomic E-state index is 0.804. The maximum Gasteiger partial charge on any atom is 0.0680 e. The zero-order valence-electron chi connectivity index (χ0n) is 5.60. The molecule has 1 heterocycles. The summed E-state index contributed by atoms with van der Waals surface area (Å²) in [5, 5.41) is 0. The molecule has 1 nitrogen and oxygen atoms in total. The molecule has 0 saturated carbocycles. The van der Waals surface area contributed by atoms with Crippen LogP contribution in [-0.4, -0.2) is 13.2 Å². The van der Waals surface area contributed by atoms with Gasteiger partial charge in [-0.2, -0.15) is 0 Å². The quantitative estimate of drug-likeness (QED) is 0.447. The van der Waals surface area contributed by atoms with Crippen LogP contribution in [0.2, 0.25) is 0 Å². The summed E-state index contributed by atoms with van der Waals surface area (Å²) in [7, 11) is 0. The predicted octanol–water partition coefficient (Wildman–Crippen LogP) is 1.74. The molecular weight excluding hydrogens is 112 g/mol. The molecule has 0 aromatic carbocycles. The number of hydrogen-bond acceptors (Lipinski definition) is 1. The van der Waals surface area contributed by atoms with Crippen LogP contribution in [0.5, 0.6) is 0 Å². The van der Waals surface area contributed by atoms with Crippen molar-refractivity contribution < 1.29 is 4.74 Å². The monoisotopic (exact) mass is 124 g/mol. The lowest BCUT2D eigenvalue weighted by Gasteiger charge is -2.13. The maximum atomic E-state index is 5.32. The minimum Gasteiger partial charge on any atom is -0.376 e. The maximum absolute atomic E-state index is 5.32. The smallest absolute Gasteiger partial charge is 0.0680 e. The number of ether oxygens (including phenoxy) is 1. The highest BCUT2D eigenvalue weighted by Crippen LogP contribution is 2.29. The van der Waals surface area contributed by atoms with Gasteiger partial charge in [-0.15, -0.1) is 0 Å². The van der Waals surface area contributed by atoms with Crippen molar-refractivity contribution in [1.82, 2.24) is 0 Å². The van der Waals surface area contributed by atoms with Crippen molar-refractivity contribution in [3.05, 3.63) is 11.6 Å². The molecular formula is C8H12O. The predicted molar refractivity (Wildman–Crippen MR) is 36.2 cm³/mol. The molecule has 0 aromatic heterocycles. The average molecular weight is 124 g/mol. The van der Waals surface area contributed by atoms with Gasteiger partial charge in [0.1, 0.15) is 0 Å². The highest BCUT2D eigenvalue weighted by molar-refractivity contribution is 5.13. The first-order chi connectivity index (χ1) is 4.47. The van der Waals surface area contributed by atoms with Crippen LogP contribution in [0.1, 0.15) is 19.3 Å². The van der Waals surface area contributed by atoms with Gasteiger partial charge in [0.25, 0.3) is 0 Å². The van der Waals surface area contributed by atoms with Crippen LogP contribution >= 0.6 is 0 Å². The second kappa shape index (κ2) is 2.14. The number of fused-ring (bicyclic) bond motifs is 1. The van der Waals surface area contributed by atoms with Gasteiger partial charge in [0.05, 0.1) is 13.2 Å². The van der Waals surface area contributed by atoms with Crippen LogP contribution in [0.25, 0.3) is 0 Å². The third-order valence-electron chi connectivity index (χ3n) is 2.28. The summed E-state index contributed by atoms with van der Waals surface area (Å²) in [6.45, 7) is 1.91. The van der Waals surface area contributed by atoms with Crippen molar-refractivity contribution in [3.8, 4) is 0 Å². The first kappa shape index (κ1) is 5.48. The lowest BCUT2D eigenvalue weighted by atomic mass is 9.91. The Morgan fingerprint density at radius 1 is 1.56 bits per heavy atom. The molecule has 0 bridgehead atoms.